The van der Waals surface area contributed by atoms with E-state index in [4.69, 9.17) is 0 Å². The number of benzene rings is 1. The summed E-state index contributed by atoms with van der Waals surface area (Å²) in [5, 5.41) is 3.40. The summed E-state index contributed by atoms with van der Waals surface area (Å²) in [6, 6.07) is 8.14. The molecule has 0 unspecified atom stereocenters. The van der Waals surface area contributed by atoms with Crippen molar-refractivity contribution in [1.82, 2.24) is 5.32 Å². The van der Waals surface area contributed by atoms with Gasteiger partial charge in [-0.05, 0) is 38.5 Å². The van der Waals surface area contributed by atoms with Crippen LogP contribution in [0.5, 0.6) is 0 Å². The van der Waals surface area contributed by atoms with Gasteiger partial charge < -0.3 is 10.1 Å². The zero-order valence-electron chi connectivity index (χ0n) is 13.1. The van der Waals surface area contributed by atoms with Gasteiger partial charge in [-0.25, -0.2) is 0 Å². The van der Waals surface area contributed by atoms with Crippen LogP contribution in [0.25, 0.3) is 0 Å². The number of aliphatic imine (C=N–C) groups is 1. The Kier molecular flexibility index (Phi) is 6.89. The van der Waals surface area contributed by atoms with Crippen LogP contribution < -0.4 is 5.32 Å². The Bertz CT molecular complexity index is 490. The highest BCUT2D eigenvalue weighted by Gasteiger charge is 2.13. The van der Waals surface area contributed by atoms with E-state index in [1.165, 1.54) is 12.7 Å². The summed E-state index contributed by atoms with van der Waals surface area (Å²) < 4.78 is 5.69. The minimum absolute atomic E-state index is 0.0700. The molecule has 1 N–H and O–H groups in total. The zero-order chi connectivity index (χ0) is 15.9. The van der Waals surface area contributed by atoms with Gasteiger partial charge in [0.25, 0.3) is 0 Å². The van der Waals surface area contributed by atoms with Gasteiger partial charge in [0.15, 0.2) is 0 Å². The second-order valence-electron chi connectivity index (χ2n) is 5.83. The molecular weight excluding hydrogens is 332 g/mol. The number of rotatable bonds is 5. The third-order valence-electron chi connectivity index (χ3n) is 2.65. The molecule has 0 heterocycles. The van der Waals surface area contributed by atoms with Gasteiger partial charge >= 0.3 is 5.97 Å². The van der Waals surface area contributed by atoms with Crippen LogP contribution in [0.1, 0.15) is 32.8 Å². The maximum absolute atomic E-state index is 11.2. The van der Waals surface area contributed by atoms with Crippen molar-refractivity contribution in [3.63, 3.8) is 0 Å². The Hall–Kier alpha value is -1.36. The standard InChI is InChI=1S/C16H23BrN2O2/c1-16(2,3)19-14(18-10-9-15(20)21-4)11-12-5-7-13(17)8-6-12/h5-8H,9-11H2,1-4H3,(H,18,19). The average molecular weight is 355 g/mol. The smallest absolute Gasteiger partial charge is 0.307 e. The van der Waals surface area contributed by atoms with Crippen molar-refractivity contribution in [2.45, 2.75) is 39.2 Å². The van der Waals surface area contributed by atoms with Crippen molar-refractivity contribution in [3.05, 3.63) is 34.3 Å². The van der Waals surface area contributed by atoms with Crippen LogP contribution in [0, 0.1) is 0 Å². The SMILES string of the molecule is COC(=O)CCN=C(Cc1ccc(Br)cc1)NC(C)(C)C. The molecule has 0 aromatic heterocycles. The molecule has 0 aliphatic carbocycles. The van der Waals surface area contributed by atoms with Gasteiger partial charge in [0.05, 0.1) is 20.1 Å². The molecule has 0 saturated heterocycles. The van der Waals surface area contributed by atoms with Crippen molar-refractivity contribution >= 4 is 27.7 Å². The van der Waals surface area contributed by atoms with E-state index in [2.05, 4.69) is 63.9 Å². The molecule has 0 fully saturated rings. The molecule has 116 valence electrons. The number of halogens is 1. The number of nitrogens with one attached hydrogen (secondary N) is 1. The van der Waals surface area contributed by atoms with Crippen molar-refractivity contribution in [2.24, 2.45) is 4.99 Å². The van der Waals surface area contributed by atoms with Crippen molar-refractivity contribution < 1.29 is 9.53 Å². The van der Waals surface area contributed by atoms with E-state index in [0.29, 0.717) is 19.4 Å². The Morgan fingerprint density at radius 2 is 1.90 bits per heavy atom. The molecular formula is C16H23BrN2O2. The summed E-state index contributed by atoms with van der Waals surface area (Å²) in [6.45, 7) is 6.70. The van der Waals surface area contributed by atoms with E-state index in [0.717, 1.165) is 10.3 Å². The van der Waals surface area contributed by atoms with Crippen molar-refractivity contribution in [1.29, 1.82) is 0 Å². The molecule has 0 bridgehead atoms. The van der Waals surface area contributed by atoms with Crippen molar-refractivity contribution in [3.8, 4) is 0 Å². The van der Waals surface area contributed by atoms with Gasteiger partial charge in [-0.2, -0.15) is 0 Å². The van der Waals surface area contributed by atoms with Gasteiger partial charge in [0, 0.05) is 16.4 Å². The summed E-state index contributed by atoms with van der Waals surface area (Å²) >= 11 is 3.43. The van der Waals surface area contributed by atoms with E-state index in [-0.39, 0.29) is 11.5 Å². The Morgan fingerprint density at radius 1 is 1.29 bits per heavy atom. The summed E-state index contributed by atoms with van der Waals surface area (Å²) in [5.41, 5.74) is 1.10. The quantitative estimate of drug-likeness (QED) is 0.501. The van der Waals surface area contributed by atoms with E-state index in [1.54, 1.807) is 0 Å². The van der Waals surface area contributed by atoms with E-state index in [1.807, 2.05) is 12.1 Å². The van der Waals surface area contributed by atoms with Gasteiger partial charge in [-0.1, -0.05) is 28.1 Å². The van der Waals surface area contributed by atoms with Gasteiger partial charge in [0.2, 0.25) is 0 Å². The number of esters is 1. The van der Waals surface area contributed by atoms with Crippen LogP contribution in [0.15, 0.2) is 33.7 Å². The second kappa shape index (κ2) is 8.17. The molecule has 0 saturated carbocycles. The molecule has 1 rings (SSSR count). The number of carbonyl (C=O) groups excluding carboxylic acids is 1. The second-order valence-corrected chi connectivity index (χ2v) is 6.75. The first-order valence-electron chi connectivity index (χ1n) is 6.93. The minimum atomic E-state index is -0.238. The third-order valence-corrected chi connectivity index (χ3v) is 3.18. The fourth-order valence-electron chi connectivity index (χ4n) is 1.75. The number of nitrogens with zero attached hydrogens (tertiary/aromatic N) is 1. The lowest BCUT2D eigenvalue weighted by Crippen LogP contribution is -2.41. The number of hydrogen-bond acceptors (Lipinski definition) is 3. The average Bonchev–Trinajstić information content (AvgIpc) is 2.39. The molecule has 0 spiro atoms. The van der Waals surface area contributed by atoms with Crippen LogP contribution in [0.2, 0.25) is 0 Å². The molecule has 0 atom stereocenters. The fraction of sp³-hybridized carbons (Fsp3) is 0.500. The molecule has 1 aromatic rings. The van der Waals surface area contributed by atoms with Crippen LogP contribution in [-0.2, 0) is 16.0 Å². The largest absolute Gasteiger partial charge is 0.469 e. The molecule has 5 heteroatoms. The summed E-state index contributed by atoms with van der Waals surface area (Å²) in [4.78, 5) is 15.7. The highest BCUT2D eigenvalue weighted by Crippen LogP contribution is 2.12. The lowest BCUT2D eigenvalue weighted by molar-refractivity contribution is -0.140. The number of ether oxygens (including phenoxy) is 1. The van der Waals surface area contributed by atoms with Crippen molar-refractivity contribution in [2.75, 3.05) is 13.7 Å². The first-order chi connectivity index (χ1) is 9.80. The zero-order valence-corrected chi connectivity index (χ0v) is 14.7. The summed E-state index contributed by atoms with van der Waals surface area (Å²) in [7, 11) is 1.39. The Balaban J connectivity index is 2.74. The highest BCUT2D eigenvalue weighted by atomic mass is 79.9. The number of amidine groups is 1. The van der Waals surface area contributed by atoms with Crippen LogP contribution >= 0.6 is 15.9 Å². The first-order valence-corrected chi connectivity index (χ1v) is 7.72. The van der Waals surface area contributed by atoms with Crippen LogP contribution in [0.3, 0.4) is 0 Å². The van der Waals surface area contributed by atoms with Crippen LogP contribution in [-0.4, -0.2) is 31.0 Å². The first kappa shape index (κ1) is 17.7. The molecule has 4 nitrogen and oxygen atoms in total. The van der Waals surface area contributed by atoms with Gasteiger partial charge in [-0.3, -0.25) is 9.79 Å². The molecule has 0 amide bonds. The predicted octanol–water partition coefficient (Wildman–Crippen LogP) is 3.34. The van der Waals surface area contributed by atoms with Gasteiger partial charge in [-0.15, -0.1) is 0 Å². The maximum Gasteiger partial charge on any atom is 0.307 e. The summed E-state index contributed by atoms with van der Waals surface area (Å²) in [6.07, 6.45) is 1.01. The molecule has 21 heavy (non-hydrogen) atoms. The van der Waals surface area contributed by atoms with Gasteiger partial charge in [0.1, 0.15) is 5.84 Å². The van der Waals surface area contributed by atoms with E-state index in [9.17, 15) is 4.79 Å². The Labute approximate surface area is 135 Å². The fourth-order valence-corrected chi connectivity index (χ4v) is 2.02. The number of hydrogen-bond donors (Lipinski definition) is 1. The van der Waals surface area contributed by atoms with E-state index >= 15 is 0 Å². The molecule has 1 aromatic carbocycles. The summed E-state index contributed by atoms with van der Waals surface area (Å²) in [5.74, 6) is 0.645. The maximum atomic E-state index is 11.2. The molecule has 0 radical (unpaired) electrons. The topological polar surface area (TPSA) is 50.7 Å². The Morgan fingerprint density at radius 3 is 2.43 bits per heavy atom. The number of carbonyl (C=O) groups is 1. The minimum Gasteiger partial charge on any atom is -0.469 e. The lowest BCUT2D eigenvalue weighted by atomic mass is 10.1. The molecule has 0 aliphatic heterocycles. The van der Waals surface area contributed by atoms with Crippen LogP contribution in [0.4, 0.5) is 0 Å². The van der Waals surface area contributed by atoms with E-state index < -0.39 is 0 Å². The third kappa shape index (κ3) is 7.85. The number of methoxy groups -OCH3 is 1. The molecule has 0 aliphatic rings. The lowest BCUT2D eigenvalue weighted by Gasteiger charge is -2.23. The monoisotopic (exact) mass is 354 g/mol. The predicted molar refractivity (Wildman–Crippen MR) is 89.7 cm³/mol. The normalized spacial score (nSPS) is 12.1. The highest BCUT2D eigenvalue weighted by molar-refractivity contribution is 9.10.